The highest BCUT2D eigenvalue weighted by Crippen LogP contribution is 2.31. The molecule has 3 aromatic heterocycles. The molecule has 1 fully saturated rings. The summed E-state index contributed by atoms with van der Waals surface area (Å²) in [5.41, 5.74) is 2.93. The molecule has 162 valence electrons. The highest BCUT2D eigenvalue weighted by molar-refractivity contribution is 7.13. The van der Waals surface area contributed by atoms with Crippen LogP contribution in [-0.4, -0.2) is 33.1 Å². The average Bonchev–Trinajstić information content (AvgIpc) is 3.50. The quantitative estimate of drug-likeness (QED) is 0.497. The van der Waals surface area contributed by atoms with Crippen molar-refractivity contribution in [2.75, 3.05) is 16.8 Å². The first kappa shape index (κ1) is 20.3. The van der Waals surface area contributed by atoms with E-state index in [1.54, 1.807) is 23.9 Å². The van der Waals surface area contributed by atoms with Crippen molar-refractivity contribution in [3.63, 3.8) is 0 Å². The van der Waals surface area contributed by atoms with E-state index < -0.39 is 5.82 Å². The molecule has 0 spiro atoms. The zero-order valence-corrected chi connectivity index (χ0v) is 18.4. The number of nitrogens with one attached hydrogen (secondary N) is 1. The number of halogens is 1. The molecule has 0 radical (unpaired) electrons. The van der Waals surface area contributed by atoms with Gasteiger partial charge in [-0.3, -0.25) is 14.3 Å². The topological polar surface area (TPSA) is 80.1 Å². The van der Waals surface area contributed by atoms with E-state index in [2.05, 4.69) is 10.4 Å². The van der Waals surface area contributed by atoms with Crippen molar-refractivity contribution in [1.29, 1.82) is 0 Å². The summed E-state index contributed by atoms with van der Waals surface area (Å²) in [7, 11) is 1.79. The minimum absolute atomic E-state index is 0.0898. The summed E-state index contributed by atoms with van der Waals surface area (Å²) < 4.78 is 16.4. The molecule has 0 unspecified atom stereocenters. The maximum absolute atomic E-state index is 14.7. The molecule has 7 nitrogen and oxygen atoms in total. The van der Waals surface area contributed by atoms with Crippen LogP contribution in [0, 0.1) is 12.7 Å². The van der Waals surface area contributed by atoms with Gasteiger partial charge in [0.2, 0.25) is 5.91 Å². The molecule has 4 heterocycles. The number of thiophene rings is 1. The van der Waals surface area contributed by atoms with Gasteiger partial charge in [0.25, 0.3) is 5.91 Å². The molecular formula is C23H20FN5O2S. The molecular weight excluding hydrogens is 429 g/mol. The third-order valence-corrected chi connectivity index (χ3v) is 6.45. The summed E-state index contributed by atoms with van der Waals surface area (Å²) in [5, 5.41) is 9.81. The van der Waals surface area contributed by atoms with Crippen LogP contribution in [0.4, 0.5) is 15.8 Å². The molecule has 4 aromatic rings. The van der Waals surface area contributed by atoms with Crippen LogP contribution in [-0.2, 0) is 11.8 Å². The van der Waals surface area contributed by atoms with Crippen LogP contribution >= 0.6 is 11.3 Å². The van der Waals surface area contributed by atoms with E-state index in [9.17, 15) is 14.0 Å². The predicted octanol–water partition coefficient (Wildman–Crippen LogP) is 4.52. The molecule has 1 aliphatic heterocycles. The first-order valence-corrected chi connectivity index (χ1v) is 11.1. The molecule has 0 bridgehead atoms. The summed E-state index contributed by atoms with van der Waals surface area (Å²) in [5.74, 6) is -1.02. The lowest BCUT2D eigenvalue weighted by Gasteiger charge is -2.17. The minimum Gasteiger partial charge on any atom is -0.322 e. The number of aromatic nitrogens is 3. The van der Waals surface area contributed by atoms with Crippen LogP contribution in [0.3, 0.4) is 0 Å². The van der Waals surface area contributed by atoms with Gasteiger partial charge in [-0.1, -0.05) is 6.07 Å². The van der Waals surface area contributed by atoms with Crippen molar-refractivity contribution in [1.82, 2.24) is 14.8 Å². The van der Waals surface area contributed by atoms with Crippen LogP contribution in [0.5, 0.6) is 0 Å². The van der Waals surface area contributed by atoms with Crippen LogP contribution in [0.15, 0.2) is 41.8 Å². The van der Waals surface area contributed by atoms with E-state index in [-0.39, 0.29) is 17.5 Å². The maximum Gasteiger partial charge on any atom is 0.256 e. The van der Waals surface area contributed by atoms with Gasteiger partial charge >= 0.3 is 0 Å². The Morgan fingerprint density at radius 3 is 2.78 bits per heavy atom. The maximum atomic E-state index is 14.7. The predicted molar refractivity (Wildman–Crippen MR) is 122 cm³/mol. The number of hydrogen-bond donors (Lipinski definition) is 1. The number of aryl methyl sites for hydroxylation is 2. The summed E-state index contributed by atoms with van der Waals surface area (Å²) in [6, 6.07) is 9.99. The Bertz CT molecular complexity index is 1360. The van der Waals surface area contributed by atoms with Crippen molar-refractivity contribution in [3.05, 3.63) is 58.9 Å². The van der Waals surface area contributed by atoms with Crippen molar-refractivity contribution in [2.45, 2.75) is 19.8 Å². The van der Waals surface area contributed by atoms with E-state index in [4.69, 9.17) is 4.98 Å². The van der Waals surface area contributed by atoms with Gasteiger partial charge in [-0.05, 0) is 49.1 Å². The van der Waals surface area contributed by atoms with E-state index in [1.807, 2.05) is 24.4 Å². The molecule has 2 amide bonds. The number of amides is 2. The summed E-state index contributed by atoms with van der Waals surface area (Å²) in [6.45, 7) is 2.33. The van der Waals surface area contributed by atoms with Gasteiger partial charge in [0.05, 0.1) is 32.9 Å². The molecule has 9 heteroatoms. The smallest absolute Gasteiger partial charge is 0.256 e. The second kappa shape index (κ2) is 7.83. The Morgan fingerprint density at radius 1 is 1.25 bits per heavy atom. The number of carbonyl (C=O) groups excluding carboxylic acids is 2. The van der Waals surface area contributed by atoms with E-state index in [1.165, 1.54) is 28.4 Å². The van der Waals surface area contributed by atoms with Gasteiger partial charge in [-0.25, -0.2) is 9.37 Å². The lowest BCUT2D eigenvalue weighted by Crippen LogP contribution is -2.24. The van der Waals surface area contributed by atoms with E-state index in [0.717, 1.165) is 4.88 Å². The third-order valence-electron chi connectivity index (χ3n) is 5.56. The first-order valence-electron chi connectivity index (χ1n) is 10.2. The average molecular weight is 450 g/mol. The Hall–Kier alpha value is -3.59. The van der Waals surface area contributed by atoms with Crippen molar-refractivity contribution < 1.29 is 14.0 Å². The standard InChI is InChI=1S/C23H20FN5O2S/c1-13-21-15(12-17(19-5-4-10-32-19)26-22(21)28(2)27-13)23(31)25-14-7-8-18(16(24)11-14)29-9-3-6-20(29)30/h4-5,7-8,10-12H,3,6,9H2,1-2H3,(H,25,31). The number of nitrogens with zero attached hydrogens (tertiary/aromatic N) is 4. The molecule has 1 aliphatic rings. The second-order valence-corrected chi connectivity index (χ2v) is 8.66. The number of fused-ring (bicyclic) bond motifs is 1. The number of benzene rings is 1. The van der Waals surface area contributed by atoms with Crippen LogP contribution in [0.2, 0.25) is 0 Å². The molecule has 1 N–H and O–H groups in total. The highest BCUT2D eigenvalue weighted by Gasteiger charge is 2.25. The molecule has 5 rings (SSSR count). The number of pyridine rings is 1. The summed E-state index contributed by atoms with van der Waals surface area (Å²) >= 11 is 1.53. The zero-order valence-electron chi connectivity index (χ0n) is 17.6. The van der Waals surface area contributed by atoms with E-state index >= 15 is 0 Å². The highest BCUT2D eigenvalue weighted by atomic mass is 32.1. The Balaban J connectivity index is 1.51. The third kappa shape index (κ3) is 3.44. The number of anilines is 2. The normalized spacial score (nSPS) is 13.8. The SMILES string of the molecule is Cc1nn(C)c2nc(-c3cccs3)cc(C(=O)Nc3ccc(N4CCCC4=O)c(F)c3)c12. The van der Waals surface area contributed by atoms with E-state index in [0.29, 0.717) is 53.1 Å². The lowest BCUT2D eigenvalue weighted by molar-refractivity contribution is -0.117. The van der Waals surface area contributed by atoms with Gasteiger partial charge in [0.15, 0.2) is 5.65 Å². The molecule has 32 heavy (non-hydrogen) atoms. The van der Waals surface area contributed by atoms with Gasteiger partial charge in [0.1, 0.15) is 5.82 Å². The largest absolute Gasteiger partial charge is 0.322 e. The summed E-state index contributed by atoms with van der Waals surface area (Å²) in [4.78, 5) is 32.3. The van der Waals surface area contributed by atoms with Crippen LogP contribution < -0.4 is 10.2 Å². The Morgan fingerprint density at radius 2 is 2.09 bits per heavy atom. The fraction of sp³-hybridized carbons (Fsp3) is 0.217. The summed E-state index contributed by atoms with van der Waals surface area (Å²) in [6.07, 6.45) is 1.14. The monoisotopic (exact) mass is 449 g/mol. The lowest BCUT2D eigenvalue weighted by atomic mass is 10.1. The molecule has 1 aromatic carbocycles. The fourth-order valence-corrected chi connectivity index (χ4v) is 4.77. The molecule has 1 saturated heterocycles. The van der Waals surface area contributed by atoms with Crippen molar-refractivity contribution in [2.24, 2.45) is 7.05 Å². The molecule has 0 atom stereocenters. The first-order chi connectivity index (χ1) is 15.4. The Labute approximate surface area is 187 Å². The number of carbonyl (C=O) groups is 2. The molecule has 0 aliphatic carbocycles. The fourth-order valence-electron chi connectivity index (χ4n) is 4.08. The van der Waals surface area contributed by atoms with Crippen molar-refractivity contribution in [3.8, 4) is 10.6 Å². The van der Waals surface area contributed by atoms with Crippen LogP contribution in [0.25, 0.3) is 21.6 Å². The number of rotatable bonds is 4. The molecule has 0 saturated carbocycles. The Kier molecular flexibility index (Phi) is 4.97. The van der Waals surface area contributed by atoms with Crippen molar-refractivity contribution >= 4 is 45.6 Å². The van der Waals surface area contributed by atoms with Gasteiger partial charge in [0, 0.05) is 25.7 Å². The number of hydrogen-bond acceptors (Lipinski definition) is 5. The van der Waals surface area contributed by atoms with Gasteiger partial charge < -0.3 is 10.2 Å². The van der Waals surface area contributed by atoms with Crippen LogP contribution in [0.1, 0.15) is 28.9 Å². The van der Waals surface area contributed by atoms with Gasteiger partial charge in [-0.2, -0.15) is 5.10 Å². The van der Waals surface area contributed by atoms with Gasteiger partial charge in [-0.15, -0.1) is 11.3 Å². The minimum atomic E-state index is -0.547. The zero-order chi connectivity index (χ0) is 22.4. The second-order valence-electron chi connectivity index (χ2n) is 7.71.